The first-order valence-electron chi connectivity index (χ1n) is 14.9. The molecule has 3 atom stereocenters. The lowest BCUT2D eigenvalue weighted by molar-refractivity contribution is -0.120. The van der Waals surface area contributed by atoms with Gasteiger partial charge in [0.2, 0.25) is 5.91 Å². The van der Waals surface area contributed by atoms with E-state index in [1.807, 2.05) is 60.8 Å². The highest BCUT2D eigenvalue weighted by molar-refractivity contribution is 7.97. The first kappa shape index (κ1) is 30.4. The number of imidazole rings is 1. The lowest BCUT2D eigenvalue weighted by Crippen LogP contribution is -2.35. The quantitative estimate of drug-likeness (QED) is 0.205. The molecule has 0 spiro atoms. The smallest absolute Gasteiger partial charge is 0.231 e. The van der Waals surface area contributed by atoms with Gasteiger partial charge >= 0.3 is 0 Å². The third-order valence-electron chi connectivity index (χ3n) is 8.45. The Hall–Kier alpha value is -3.06. The van der Waals surface area contributed by atoms with Gasteiger partial charge in [0.1, 0.15) is 5.82 Å². The number of halogens is 1. The second kappa shape index (κ2) is 13.1. The molecule has 1 saturated carbocycles. The van der Waals surface area contributed by atoms with Crippen LogP contribution in [-0.2, 0) is 23.8 Å². The Labute approximate surface area is 259 Å². The minimum Gasteiger partial charge on any atom is -0.337 e. The molecule has 6 rings (SSSR count). The maximum absolute atomic E-state index is 14.1. The predicted octanol–water partition coefficient (Wildman–Crippen LogP) is 8.85. The van der Waals surface area contributed by atoms with Gasteiger partial charge in [-0.2, -0.15) is 0 Å². The van der Waals surface area contributed by atoms with Gasteiger partial charge in [0.05, 0.1) is 6.54 Å². The van der Waals surface area contributed by atoms with Gasteiger partial charge in [-0.15, -0.1) is 0 Å². The summed E-state index contributed by atoms with van der Waals surface area (Å²) in [5, 5.41) is 0.733. The number of hydrogen-bond acceptors (Lipinski definition) is 4. The van der Waals surface area contributed by atoms with Gasteiger partial charge in [0.25, 0.3) is 0 Å². The van der Waals surface area contributed by atoms with Crippen LogP contribution in [0.2, 0.25) is 5.02 Å². The van der Waals surface area contributed by atoms with Crippen molar-refractivity contribution in [1.82, 2.24) is 14.3 Å². The molecule has 1 aromatic heterocycles. The predicted molar refractivity (Wildman–Crippen MR) is 175 cm³/mol. The van der Waals surface area contributed by atoms with Crippen LogP contribution < -0.4 is 9.62 Å². The fraction of sp³-hybridized carbons (Fsp3) is 0.371. The van der Waals surface area contributed by atoms with Gasteiger partial charge in [-0.05, 0) is 89.6 Å². The molecule has 3 aromatic carbocycles. The molecule has 2 aliphatic rings. The molecule has 1 amide bonds. The highest BCUT2D eigenvalue weighted by atomic mass is 35.5. The van der Waals surface area contributed by atoms with Gasteiger partial charge in [0.15, 0.2) is 0 Å². The summed E-state index contributed by atoms with van der Waals surface area (Å²) >= 11 is 7.85. The van der Waals surface area contributed by atoms with Crippen LogP contribution in [-0.4, -0.2) is 15.5 Å². The van der Waals surface area contributed by atoms with Gasteiger partial charge in [-0.25, -0.2) is 4.98 Å². The highest BCUT2D eigenvalue weighted by Crippen LogP contribution is 2.50. The van der Waals surface area contributed by atoms with Crippen molar-refractivity contribution in [3.8, 4) is 0 Å². The Morgan fingerprint density at radius 3 is 2.60 bits per heavy atom. The molecular formula is C35H41ClN4OS. The zero-order valence-electron chi connectivity index (χ0n) is 25.2. The Kier molecular flexibility index (Phi) is 9.46. The van der Waals surface area contributed by atoms with Crippen molar-refractivity contribution in [1.29, 1.82) is 0 Å². The minimum atomic E-state index is -0.0116. The number of nitrogens with one attached hydrogen (secondary N) is 1. The standard InChI is InChI=1S/C33H35ClN4OS.C2H6/c1-33(2)15-14-30(36-40-25-11-7-10-23(34)18-25)28-19-24(12-13-29(28)33)38(21-31-35-16-17-37(31)3)32(39)27-20-26(27)22-8-5-4-6-9-22;1-2/h4-13,16-19,26-27,30,36H,14-15,20-21H2,1-3H3;1-2H3. The Balaban J connectivity index is 0.00000173. The van der Waals surface area contributed by atoms with Gasteiger partial charge in [-0.3, -0.25) is 9.52 Å². The molecule has 4 aromatic rings. The van der Waals surface area contributed by atoms with E-state index in [1.54, 1.807) is 18.1 Å². The van der Waals surface area contributed by atoms with E-state index in [1.165, 1.54) is 16.7 Å². The number of nitrogens with zero attached hydrogens (tertiary/aromatic N) is 3. The summed E-state index contributed by atoms with van der Waals surface area (Å²) in [4.78, 5) is 21.7. The monoisotopic (exact) mass is 600 g/mol. The number of hydrogen-bond donors (Lipinski definition) is 1. The van der Waals surface area contributed by atoms with Crippen molar-refractivity contribution in [2.24, 2.45) is 13.0 Å². The minimum absolute atomic E-state index is 0.0116. The maximum Gasteiger partial charge on any atom is 0.231 e. The molecule has 1 fully saturated rings. The molecule has 0 saturated heterocycles. The zero-order chi connectivity index (χ0) is 29.9. The first-order valence-corrected chi connectivity index (χ1v) is 16.1. The van der Waals surface area contributed by atoms with Crippen LogP contribution in [0.15, 0.2) is 90.1 Å². The summed E-state index contributed by atoms with van der Waals surface area (Å²) in [5.41, 5.74) is 4.84. The molecule has 42 heavy (non-hydrogen) atoms. The zero-order valence-corrected chi connectivity index (χ0v) is 26.8. The second-order valence-corrected chi connectivity index (χ2v) is 13.0. The normalized spacial score (nSPS) is 20.2. The second-order valence-electron chi connectivity index (χ2n) is 11.7. The molecule has 1 heterocycles. The fourth-order valence-corrected chi connectivity index (χ4v) is 7.04. The van der Waals surface area contributed by atoms with Crippen molar-refractivity contribution in [3.05, 3.63) is 113 Å². The van der Waals surface area contributed by atoms with Crippen molar-refractivity contribution in [2.45, 2.75) is 75.8 Å². The number of benzene rings is 3. The number of anilines is 1. The maximum atomic E-state index is 14.1. The van der Waals surface area contributed by atoms with Crippen LogP contribution >= 0.6 is 23.5 Å². The molecule has 5 nitrogen and oxygen atoms in total. The Bertz CT molecular complexity index is 1520. The largest absolute Gasteiger partial charge is 0.337 e. The average molecular weight is 601 g/mol. The third kappa shape index (κ3) is 6.61. The summed E-state index contributed by atoms with van der Waals surface area (Å²) in [5.74, 6) is 1.30. The van der Waals surface area contributed by atoms with E-state index in [0.717, 1.165) is 40.7 Å². The van der Waals surface area contributed by atoms with Gasteiger partial charge < -0.3 is 9.47 Å². The molecule has 0 aliphatic heterocycles. The lowest BCUT2D eigenvalue weighted by Gasteiger charge is -2.38. The molecule has 2 aliphatic carbocycles. The van der Waals surface area contributed by atoms with Crippen LogP contribution in [0, 0.1) is 5.92 Å². The number of amides is 1. The molecule has 1 N–H and O–H groups in total. The van der Waals surface area contributed by atoms with Gasteiger partial charge in [0, 0.05) is 47.0 Å². The molecular weight excluding hydrogens is 560 g/mol. The van der Waals surface area contributed by atoms with Crippen LogP contribution in [0.1, 0.15) is 81.4 Å². The topological polar surface area (TPSA) is 50.2 Å². The number of carbonyl (C=O) groups excluding carboxylic acids is 1. The van der Waals surface area contributed by atoms with Crippen LogP contribution in [0.4, 0.5) is 5.69 Å². The van der Waals surface area contributed by atoms with Crippen molar-refractivity contribution in [2.75, 3.05) is 4.90 Å². The highest BCUT2D eigenvalue weighted by Gasteiger charge is 2.46. The van der Waals surface area contributed by atoms with E-state index in [4.69, 9.17) is 11.6 Å². The molecule has 220 valence electrons. The number of fused-ring (bicyclic) bond motifs is 1. The number of carbonyl (C=O) groups is 1. The summed E-state index contributed by atoms with van der Waals surface area (Å²) in [7, 11) is 1.98. The molecule has 0 radical (unpaired) electrons. The first-order chi connectivity index (χ1) is 20.3. The van der Waals surface area contributed by atoms with E-state index in [0.29, 0.717) is 6.54 Å². The SMILES string of the molecule is CC.Cn1ccnc1CN(C(=O)C1CC1c1ccccc1)c1ccc2c(c1)C(NSc1cccc(Cl)c1)CCC2(C)C. The molecule has 3 unspecified atom stereocenters. The average Bonchev–Trinajstić information content (AvgIpc) is 3.71. The van der Waals surface area contributed by atoms with E-state index in [-0.39, 0.29) is 29.2 Å². The van der Waals surface area contributed by atoms with Crippen molar-refractivity contribution >= 4 is 35.1 Å². The number of aromatic nitrogens is 2. The van der Waals surface area contributed by atoms with Crippen LogP contribution in [0.25, 0.3) is 0 Å². The van der Waals surface area contributed by atoms with E-state index in [9.17, 15) is 4.79 Å². The summed E-state index contributed by atoms with van der Waals surface area (Å²) < 4.78 is 5.71. The third-order valence-corrected chi connectivity index (χ3v) is 9.57. The van der Waals surface area contributed by atoms with Crippen molar-refractivity contribution in [3.63, 3.8) is 0 Å². The van der Waals surface area contributed by atoms with Crippen LogP contribution in [0.3, 0.4) is 0 Å². The van der Waals surface area contributed by atoms with Gasteiger partial charge in [-0.1, -0.05) is 81.8 Å². The number of rotatable bonds is 8. The Morgan fingerprint density at radius 1 is 1.10 bits per heavy atom. The Morgan fingerprint density at radius 2 is 1.88 bits per heavy atom. The van der Waals surface area contributed by atoms with Crippen LogP contribution in [0.5, 0.6) is 0 Å². The van der Waals surface area contributed by atoms with E-state index in [2.05, 4.69) is 72.1 Å². The fourth-order valence-electron chi connectivity index (χ4n) is 5.93. The summed E-state index contributed by atoms with van der Waals surface area (Å²) in [6, 6.07) is 25.1. The lowest BCUT2D eigenvalue weighted by atomic mass is 9.71. The number of aryl methyl sites for hydroxylation is 1. The van der Waals surface area contributed by atoms with E-state index >= 15 is 0 Å². The molecule has 0 bridgehead atoms. The summed E-state index contributed by atoms with van der Waals surface area (Å²) in [6.07, 6.45) is 6.72. The molecule has 7 heteroatoms. The van der Waals surface area contributed by atoms with E-state index < -0.39 is 0 Å². The van der Waals surface area contributed by atoms with Crippen molar-refractivity contribution < 1.29 is 4.79 Å². The summed E-state index contributed by atoms with van der Waals surface area (Å²) in [6.45, 7) is 9.08.